The predicted octanol–water partition coefficient (Wildman–Crippen LogP) is -0.143. The van der Waals surface area contributed by atoms with Gasteiger partial charge in [0.05, 0.1) is 24.9 Å². The summed E-state index contributed by atoms with van der Waals surface area (Å²) < 4.78 is 10.4. The van der Waals surface area contributed by atoms with E-state index in [1.807, 2.05) is 4.98 Å². The molecule has 2 rings (SSSR count). The van der Waals surface area contributed by atoms with E-state index in [-0.39, 0.29) is 42.3 Å². The van der Waals surface area contributed by atoms with Crippen LogP contribution in [0.2, 0.25) is 0 Å². The van der Waals surface area contributed by atoms with Gasteiger partial charge in [-0.3, -0.25) is 24.7 Å². The minimum absolute atomic E-state index is 0.00383. The number of methoxy groups -OCH3 is 1. The van der Waals surface area contributed by atoms with Crippen molar-refractivity contribution in [3.8, 4) is 11.5 Å². The third kappa shape index (κ3) is 5.72. The van der Waals surface area contributed by atoms with Crippen molar-refractivity contribution in [2.45, 2.75) is 19.8 Å². The summed E-state index contributed by atoms with van der Waals surface area (Å²) in [5.74, 6) is -0.376. The summed E-state index contributed by atoms with van der Waals surface area (Å²) in [6, 6.07) is 2.70. The van der Waals surface area contributed by atoms with Crippen LogP contribution in [-0.4, -0.2) is 45.9 Å². The molecule has 154 valence electrons. The van der Waals surface area contributed by atoms with Gasteiger partial charge in [0.15, 0.2) is 5.75 Å². The second-order valence-electron chi connectivity index (χ2n) is 5.51. The summed E-state index contributed by atoms with van der Waals surface area (Å²) in [4.78, 5) is 46.9. The van der Waals surface area contributed by atoms with E-state index in [1.54, 1.807) is 6.92 Å². The molecule has 0 aliphatic rings. The number of carbonyl (C=O) groups excluding carboxylic acids is 1. The molecule has 29 heavy (non-hydrogen) atoms. The van der Waals surface area contributed by atoms with Gasteiger partial charge in [-0.25, -0.2) is 15.3 Å². The van der Waals surface area contributed by atoms with E-state index >= 15 is 0 Å². The second kappa shape index (κ2) is 9.77. The number of nitrogens with zero attached hydrogens (tertiary/aromatic N) is 3. The number of nitro benzene ring substituents is 1. The molecule has 0 aliphatic carbocycles. The Morgan fingerprint density at radius 2 is 2.17 bits per heavy atom. The first-order valence-electron chi connectivity index (χ1n) is 8.34. The Balaban J connectivity index is 2.06. The lowest BCUT2D eigenvalue weighted by Crippen LogP contribution is -2.28. The van der Waals surface area contributed by atoms with Crippen LogP contribution in [0.25, 0.3) is 0 Å². The van der Waals surface area contributed by atoms with Gasteiger partial charge < -0.3 is 9.47 Å². The number of ether oxygens (including phenoxy) is 2. The van der Waals surface area contributed by atoms with E-state index in [1.165, 1.54) is 25.5 Å². The third-order valence-electron chi connectivity index (χ3n) is 3.53. The van der Waals surface area contributed by atoms with Gasteiger partial charge in [-0.15, -0.1) is 0 Å². The number of carbonyl (C=O) groups is 1. The molecule has 0 bridgehead atoms. The van der Waals surface area contributed by atoms with Gasteiger partial charge in [0, 0.05) is 24.5 Å². The number of hydrogen-bond acceptors (Lipinski definition) is 9. The number of benzene rings is 1. The highest BCUT2D eigenvalue weighted by molar-refractivity contribution is 5.85. The molecule has 0 atom stereocenters. The van der Waals surface area contributed by atoms with E-state index in [4.69, 9.17) is 9.47 Å². The molecule has 1 aromatic heterocycles. The number of H-pyrrole nitrogens is 2. The molecule has 13 heteroatoms. The highest BCUT2D eigenvalue weighted by atomic mass is 16.6. The van der Waals surface area contributed by atoms with Gasteiger partial charge in [-0.05, 0) is 13.0 Å². The van der Waals surface area contributed by atoms with Crippen LogP contribution in [0.1, 0.15) is 24.6 Å². The zero-order chi connectivity index (χ0) is 21.4. The predicted molar refractivity (Wildman–Crippen MR) is 100 cm³/mol. The van der Waals surface area contributed by atoms with E-state index in [0.29, 0.717) is 5.56 Å². The normalized spacial score (nSPS) is 10.7. The van der Waals surface area contributed by atoms with Crippen molar-refractivity contribution >= 4 is 17.8 Å². The number of nitro groups is 1. The first kappa shape index (κ1) is 21.3. The van der Waals surface area contributed by atoms with Crippen LogP contribution in [0.3, 0.4) is 0 Å². The zero-order valence-corrected chi connectivity index (χ0v) is 15.6. The van der Waals surface area contributed by atoms with Crippen molar-refractivity contribution in [1.29, 1.82) is 0 Å². The first-order valence-corrected chi connectivity index (χ1v) is 8.34. The maximum absolute atomic E-state index is 11.8. The van der Waals surface area contributed by atoms with Crippen molar-refractivity contribution in [1.82, 2.24) is 20.6 Å². The molecule has 3 N–H and O–H groups in total. The van der Waals surface area contributed by atoms with E-state index in [9.17, 15) is 24.5 Å². The van der Waals surface area contributed by atoms with Crippen LogP contribution in [0.15, 0.2) is 26.8 Å². The lowest BCUT2D eigenvalue weighted by atomic mass is 10.2. The summed E-state index contributed by atoms with van der Waals surface area (Å²) in [6.45, 7) is 1.98. The van der Waals surface area contributed by atoms with Gasteiger partial charge in [0.1, 0.15) is 5.69 Å². The third-order valence-corrected chi connectivity index (χ3v) is 3.53. The highest BCUT2D eigenvalue weighted by Gasteiger charge is 2.21. The monoisotopic (exact) mass is 406 g/mol. The minimum Gasteiger partial charge on any atom is -0.490 e. The van der Waals surface area contributed by atoms with Crippen LogP contribution in [0, 0.1) is 10.1 Å². The molecule has 0 saturated carbocycles. The second-order valence-corrected chi connectivity index (χ2v) is 5.51. The maximum atomic E-state index is 11.8. The number of aromatic nitrogens is 3. The van der Waals surface area contributed by atoms with Crippen molar-refractivity contribution in [2.75, 3.05) is 13.7 Å². The quantitative estimate of drug-likeness (QED) is 0.292. The van der Waals surface area contributed by atoms with Crippen LogP contribution in [0.5, 0.6) is 11.5 Å². The van der Waals surface area contributed by atoms with Crippen molar-refractivity contribution in [3.05, 3.63) is 54.3 Å². The topological polar surface area (TPSA) is 182 Å². The fourth-order valence-electron chi connectivity index (χ4n) is 2.29. The Hall–Kier alpha value is -4.03. The molecule has 0 aliphatic heterocycles. The van der Waals surface area contributed by atoms with E-state index < -0.39 is 22.1 Å². The fraction of sp³-hybridized carbons (Fsp3) is 0.312. The van der Waals surface area contributed by atoms with Crippen molar-refractivity contribution < 1.29 is 19.2 Å². The van der Waals surface area contributed by atoms with Gasteiger partial charge in [-0.2, -0.15) is 10.2 Å². The molecule has 1 heterocycles. The Morgan fingerprint density at radius 1 is 1.41 bits per heavy atom. The van der Waals surface area contributed by atoms with Gasteiger partial charge in [0.25, 0.3) is 5.56 Å². The molecular weight excluding hydrogens is 388 g/mol. The Labute approximate surface area is 162 Å². The molecule has 2 aromatic rings. The number of rotatable bonds is 9. The number of hydrazone groups is 1. The lowest BCUT2D eigenvalue weighted by Gasteiger charge is -2.10. The molecular formula is C16H18N6O7. The number of aromatic amines is 2. The van der Waals surface area contributed by atoms with Gasteiger partial charge in [0.2, 0.25) is 11.7 Å². The molecule has 0 unspecified atom stereocenters. The SMILES string of the molecule is CCOc1cc(/C=N/NC(=O)CCc2n[nH]c(=O)[nH]c2=O)cc([N+](=O)[O-])c1OC. The Bertz CT molecular complexity index is 1040. The van der Waals surface area contributed by atoms with E-state index in [2.05, 4.69) is 20.7 Å². The molecule has 0 fully saturated rings. The smallest absolute Gasteiger partial charge is 0.342 e. The zero-order valence-electron chi connectivity index (χ0n) is 15.6. The maximum Gasteiger partial charge on any atom is 0.342 e. The Morgan fingerprint density at radius 3 is 2.79 bits per heavy atom. The van der Waals surface area contributed by atoms with Crippen LogP contribution < -0.4 is 26.1 Å². The van der Waals surface area contributed by atoms with Gasteiger partial charge in [-0.1, -0.05) is 0 Å². The number of nitrogens with one attached hydrogen (secondary N) is 3. The molecule has 1 aromatic carbocycles. The number of hydrogen-bond donors (Lipinski definition) is 3. The molecule has 0 radical (unpaired) electrons. The number of amides is 1. The number of aryl methyl sites for hydroxylation is 1. The summed E-state index contributed by atoms with van der Waals surface area (Å²) >= 11 is 0. The highest BCUT2D eigenvalue weighted by Crippen LogP contribution is 2.37. The molecule has 13 nitrogen and oxygen atoms in total. The molecule has 0 saturated heterocycles. The van der Waals surface area contributed by atoms with E-state index in [0.717, 1.165) is 0 Å². The molecule has 1 amide bonds. The van der Waals surface area contributed by atoms with Gasteiger partial charge >= 0.3 is 11.4 Å². The minimum atomic E-state index is -0.743. The fourth-order valence-corrected chi connectivity index (χ4v) is 2.29. The van der Waals surface area contributed by atoms with Crippen molar-refractivity contribution in [3.63, 3.8) is 0 Å². The average Bonchev–Trinajstić information content (AvgIpc) is 2.67. The van der Waals surface area contributed by atoms with Crippen molar-refractivity contribution in [2.24, 2.45) is 5.10 Å². The summed E-state index contributed by atoms with van der Waals surface area (Å²) in [5, 5.41) is 20.6. The largest absolute Gasteiger partial charge is 0.490 e. The summed E-state index contributed by atoms with van der Waals surface area (Å²) in [6.07, 6.45) is 1.07. The molecule has 0 spiro atoms. The van der Waals surface area contributed by atoms with Crippen LogP contribution in [-0.2, 0) is 11.2 Å². The summed E-state index contributed by atoms with van der Waals surface area (Å²) in [7, 11) is 1.29. The summed E-state index contributed by atoms with van der Waals surface area (Å²) in [5.41, 5.74) is 0.805. The van der Waals surface area contributed by atoms with Crippen LogP contribution >= 0.6 is 0 Å². The average molecular weight is 406 g/mol. The Kier molecular flexibility index (Phi) is 7.17. The standard InChI is InChI=1S/C16H18N6O7/c1-3-29-12-7-9(6-11(22(26)27)14(12)28-2)8-17-20-13(23)5-4-10-15(24)18-16(25)21-19-10/h6-8H,3-5H2,1-2H3,(H,20,23)(H2,18,21,24,25)/b17-8+. The lowest BCUT2D eigenvalue weighted by molar-refractivity contribution is -0.385. The first-order chi connectivity index (χ1) is 13.8. The van der Waals surface area contributed by atoms with Crippen LogP contribution in [0.4, 0.5) is 5.69 Å².